The fourth-order valence-electron chi connectivity index (χ4n) is 1.67. The van der Waals surface area contributed by atoms with E-state index in [1.54, 1.807) is 11.3 Å². The maximum atomic E-state index is 9.00. The number of aliphatic hydroxyl groups is 1. The molecule has 0 radical (unpaired) electrons. The number of aliphatic hydroxyl groups excluding tert-OH is 1. The molecule has 0 saturated heterocycles. The van der Waals surface area contributed by atoms with E-state index in [0.717, 1.165) is 6.42 Å². The molecule has 0 bridgehead atoms. The average Bonchev–Trinajstić information content (AvgIpc) is 2.54. The van der Waals surface area contributed by atoms with Crippen molar-refractivity contribution in [3.63, 3.8) is 0 Å². The molecule has 1 aromatic heterocycles. The molecule has 1 aromatic rings. The Morgan fingerprint density at radius 3 is 3.08 bits per heavy atom. The van der Waals surface area contributed by atoms with Crippen LogP contribution in [-0.4, -0.2) is 11.7 Å². The first-order valence-corrected chi connectivity index (χ1v) is 4.64. The second-order valence-electron chi connectivity index (χ2n) is 2.96. The molecule has 0 spiro atoms. The van der Waals surface area contributed by atoms with Gasteiger partial charge >= 0.3 is 0 Å². The molecule has 0 unspecified atom stereocenters. The van der Waals surface area contributed by atoms with Gasteiger partial charge in [0.15, 0.2) is 0 Å². The summed E-state index contributed by atoms with van der Waals surface area (Å²) in [4.78, 5) is 1.29. The van der Waals surface area contributed by atoms with Gasteiger partial charge in [-0.15, -0.1) is 23.7 Å². The van der Waals surface area contributed by atoms with Crippen molar-refractivity contribution < 1.29 is 5.11 Å². The Labute approximate surface area is 81.8 Å². The predicted molar refractivity (Wildman–Crippen MR) is 52.9 cm³/mol. The van der Waals surface area contributed by atoms with Crippen LogP contribution < -0.4 is 5.73 Å². The van der Waals surface area contributed by atoms with Gasteiger partial charge in [-0.1, -0.05) is 0 Å². The summed E-state index contributed by atoms with van der Waals surface area (Å²) >= 11 is 1.71. The van der Waals surface area contributed by atoms with Crippen molar-refractivity contribution >= 4 is 23.7 Å². The first-order valence-electron chi connectivity index (χ1n) is 3.76. The minimum absolute atomic E-state index is 0. The monoisotopic (exact) mass is 205 g/mol. The molecular formula is C8H12ClNOS. The van der Waals surface area contributed by atoms with Gasteiger partial charge in [0.25, 0.3) is 0 Å². The van der Waals surface area contributed by atoms with Gasteiger partial charge in [-0.3, -0.25) is 0 Å². The molecule has 0 saturated carbocycles. The largest absolute Gasteiger partial charge is 0.396 e. The Kier molecular flexibility index (Phi) is 3.12. The lowest BCUT2D eigenvalue weighted by Crippen LogP contribution is -2.06. The first kappa shape index (κ1) is 9.99. The summed E-state index contributed by atoms with van der Waals surface area (Å²) in [6.07, 6.45) is 0.915. The molecular weight excluding hydrogens is 194 g/mol. The number of rotatable bonds is 1. The lowest BCUT2D eigenvalue weighted by atomic mass is 10.1. The van der Waals surface area contributed by atoms with Gasteiger partial charge in [0.2, 0.25) is 0 Å². The average molecular weight is 206 g/mol. The Bertz CT molecular complexity index is 263. The summed E-state index contributed by atoms with van der Waals surface area (Å²) in [5.74, 6) is 0.306. The molecule has 2 nitrogen and oxygen atoms in total. The van der Waals surface area contributed by atoms with Gasteiger partial charge in [-0.2, -0.15) is 0 Å². The van der Waals surface area contributed by atoms with Crippen LogP contribution in [0.3, 0.4) is 0 Å². The summed E-state index contributed by atoms with van der Waals surface area (Å²) in [7, 11) is 0. The van der Waals surface area contributed by atoms with E-state index in [2.05, 4.69) is 6.07 Å². The molecule has 2 atom stereocenters. The molecule has 1 aliphatic carbocycles. The highest BCUT2D eigenvalue weighted by molar-refractivity contribution is 7.10. The van der Waals surface area contributed by atoms with Crippen molar-refractivity contribution in [2.24, 2.45) is 5.73 Å². The van der Waals surface area contributed by atoms with Gasteiger partial charge < -0.3 is 10.8 Å². The van der Waals surface area contributed by atoms with Crippen molar-refractivity contribution in [3.8, 4) is 0 Å². The summed E-state index contributed by atoms with van der Waals surface area (Å²) in [5, 5.41) is 11.0. The summed E-state index contributed by atoms with van der Waals surface area (Å²) in [5.41, 5.74) is 7.10. The molecule has 3 N–H and O–H groups in total. The van der Waals surface area contributed by atoms with E-state index in [9.17, 15) is 0 Å². The van der Waals surface area contributed by atoms with Crippen molar-refractivity contribution in [3.05, 3.63) is 21.9 Å². The minimum Gasteiger partial charge on any atom is -0.396 e. The SMILES string of the molecule is Cl.N[C@@H]1C[C@H](CO)c2sccc21. The summed E-state index contributed by atoms with van der Waals surface area (Å²) < 4.78 is 0. The molecule has 0 fully saturated rings. The van der Waals surface area contributed by atoms with Gasteiger partial charge in [-0.05, 0) is 23.4 Å². The highest BCUT2D eigenvalue weighted by Crippen LogP contribution is 2.41. The highest BCUT2D eigenvalue weighted by Gasteiger charge is 2.28. The second kappa shape index (κ2) is 3.75. The van der Waals surface area contributed by atoms with Crippen LogP contribution in [0.1, 0.15) is 28.8 Å². The second-order valence-corrected chi connectivity index (χ2v) is 3.91. The Morgan fingerprint density at radius 2 is 2.42 bits per heavy atom. The van der Waals surface area contributed by atoms with E-state index < -0.39 is 0 Å². The third-order valence-corrected chi connectivity index (χ3v) is 3.35. The van der Waals surface area contributed by atoms with Crippen LogP contribution in [0.25, 0.3) is 0 Å². The molecule has 4 heteroatoms. The van der Waals surface area contributed by atoms with Gasteiger partial charge in [0.05, 0.1) is 6.61 Å². The number of thiophene rings is 1. The molecule has 12 heavy (non-hydrogen) atoms. The molecule has 0 aromatic carbocycles. The molecule has 0 aliphatic heterocycles. The number of nitrogens with two attached hydrogens (primary N) is 1. The van der Waals surface area contributed by atoms with Crippen LogP contribution in [-0.2, 0) is 0 Å². The zero-order valence-electron chi connectivity index (χ0n) is 6.56. The third-order valence-electron chi connectivity index (χ3n) is 2.26. The zero-order chi connectivity index (χ0) is 7.84. The van der Waals surface area contributed by atoms with Crippen molar-refractivity contribution in [2.45, 2.75) is 18.4 Å². The van der Waals surface area contributed by atoms with Crippen LogP contribution in [0.5, 0.6) is 0 Å². The van der Waals surface area contributed by atoms with Crippen molar-refractivity contribution in [1.29, 1.82) is 0 Å². The predicted octanol–water partition coefficient (Wildman–Crippen LogP) is 1.65. The van der Waals surface area contributed by atoms with E-state index in [1.165, 1.54) is 10.4 Å². The molecule has 0 amide bonds. The van der Waals surface area contributed by atoms with E-state index in [0.29, 0.717) is 5.92 Å². The fraction of sp³-hybridized carbons (Fsp3) is 0.500. The first-order chi connectivity index (χ1) is 5.33. The quantitative estimate of drug-likeness (QED) is 0.733. The smallest absolute Gasteiger partial charge is 0.0508 e. The van der Waals surface area contributed by atoms with E-state index in [1.807, 2.05) is 5.38 Å². The third kappa shape index (κ3) is 1.38. The summed E-state index contributed by atoms with van der Waals surface area (Å²) in [6, 6.07) is 2.23. The Hall–Kier alpha value is -0.0900. The van der Waals surface area contributed by atoms with Gasteiger partial charge in [0, 0.05) is 16.8 Å². The number of halogens is 1. The molecule has 1 heterocycles. The number of hydrogen-bond acceptors (Lipinski definition) is 3. The van der Waals surface area contributed by atoms with E-state index in [-0.39, 0.29) is 25.1 Å². The molecule has 1 aliphatic rings. The van der Waals surface area contributed by atoms with Gasteiger partial charge in [0.1, 0.15) is 0 Å². The molecule has 2 rings (SSSR count). The fourth-order valence-corrected chi connectivity index (χ4v) is 2.75. The maximum absolute atomic E-state index is 9.00. The van der Waals surface area contributed by atoms with Gasteiger partial charge in [-0.25, -0.2) is 0 Å². The summed E-state index contributed by atoms with van der Waals surface area (Å²) in [6.45, 7) is 0.237. The van der Waals surface area contributed by atoms with Crippen LogP contribution in [0, 0.1) is 0 Å². The van der Waals surface area contributed by atoms with Crippen LogP contribution in [0.15, 0.2) is 11.4 Å². The topological polar surface area (TPSA) is 46.2 Å². The number of fused-ring (bicyclic) bond motifs is 1. The zero-order valence-corrected chi connectivity index (χ0v) is 8.20. The van der Waals surface area contributed by atoms with E-state index >= 15 is 0 Å². The maximum Gasteiger partial charge on any atom is 0.0508 e. The standard InChI is InChI=1S/C8H11NOS.ClH/c9-7-3-5(4-10)8-6(7)1-2-11-8;/h1-2,5,7,10H,3-4,9H2;1H/t5-,7-;/m1./s1. The Morgan fingerprint density at radius 1 is 1.67 bits per heavy atom. The van der Waals surface area contributed by atoms with Crippen molar-refractivity contribution in [1.82, 2.24) is 0 Å². The number of hydrogen-bond donors (Lipinski definition) is 2. The molecule has 68 valence electrons. The minimum atomic E-state index is 0. The normalized spacial score (nSPS) is 26.5. The van der Waals surface area contributed by atoms with Crippen LogP contribution in [0.4, 0.5) is 0 Å². The van der Waals surface area contributed by atoms with E-state index in [4.69, 9.17) is 10.8 Å². The highest BCUT2D eigenvalue weighted by atomic mass is 35.5. The van der Waals surface area contributed by atoms with Crippen molar-refractivity contribution in [2.75, 3.05) is 6.61 Å². The lowest BCUT2D eigenvalue weighted by molar-refractivity contribution is 0.263. The lowest BCUT2D eigenvalue weighted by Gasteiger charge is -2.04. The Balaban J connectivity index is 0.000000720. The van der Waals surface area contributed by atoms with Crippen LogP contribution >= 0.6 is 23.7 Å². The van der Waals surface area contributed by atoms with Crippen LogP contribution in [0.2, 0.25) is 0 Å².